The van der Waals surface area contributed by atoms with Crippen LogP contribution in [0.2, 0.25) is 0 Å². The number of benzene rings is 1. The number of Topliss-reactive ketones (excluding diaryl/α,β-unsaturated/α-hetero) is 1. The molecule has 0 aromatic heterocycles. The molecule has 0 saturated carbocycles. The van der Waals surface area contributed by atoms with E-state index in [0.29, 0.717) is 12.2 Å². The highest BCUT2D eigenvalue weighted by Crippen LogP contribution is 2.20. The summed E-state index contributed by atoms with van der Waals surface area (Å²) >= 11 is 0. The second-order valence-electron chi connectivity index (χ2n) is 5.64. The van der Waals surface area contributed by atoms with E-state index in [1.54, 1.807) is 24.3 Å². The van der Waals surface area contributed by atoms with Gasteiger partial charge in [0.2, 0.25) is 11.7 Å². The standard InChI is InChI=1S/C18H21N3O6/c1-2-3-9-19-18(25)21-14(23)11-27-17(24)15-13(22)10-26-16(15)20-12-7-5-4-6-8-12/h4-8,20H,2-3,9-11H2,1H3,(H2,19,21,23,25). The maximum absolute atomic E-state index is 12.2. The van der Waals surface area contributed by atoms with Crippen molar-refractivity contribution in [3.63, 3.8) is 0 Å². The SMILES string of the molecule is CCCCNC(=O)NC(=O)COC(=O)C1=C(Nc2ccccc2)OCC1=O. The van der Waals surface area contributed by atoms with Gasteiger partial charge in [0, 0.05) is 12.2 Å². The summed E-state index contributed by atoms with van der Waals surface area (Å²) in [5.74, 6) is -2.40. The molecule has 0 bridgehead atoms. The molecule has 3 N–H and O–H groups in total. The summed E-state index contributed by atoms with van der Waals surface area (Å²) in [7, 11) is 0. The third kappa shape index (κ3) is 6.14. The molecule has 0 unspecified atom stereocenters. The van der Waals surface area contributed by atoms with E-state index in [9.17, 15) is 19.2 Å². The number of para-hydroxylation sites is 1. The quantitative estimate of drug-likeness (QED) is 0.353. The number of imide groups is 1. The zero-order chi connectivity index (χ0) is 19.6. The third-order valence-corrected chi connectivity index (χ3v) is 3.49. The average molecular weight is 375 g/mol. The first-order valence-electron chi connectivity index (χ1n) is 8.48. The van der Waals surface area contributed by atoms with Gasteiger partial charge in [-0.15, -0.1) is 0 Å². The molecule has 1 aliphatic heterocycles. The predicted molar refractivity (Wildman–Crippen MR) is 95.5 cm³/mol. The second-order valence-corrected chi connectivity index (χ2v) is 5.64. The first-order chi connectivity index (χ1) is 13.0. The lowest BCUT2D eigenvalue weighted by molar-refractivity contribution is -0.145. The molecule has 27 heavy (non-hydrogen) atoms. The van der Waals surface area contributed by atoms with E-state index >= 15 is 0 Å². The Morgan fingerprint density at radius 3 is 2.63 bits per heavy atom. The minimum absolute atomic E-state index is 0.0334. The molecule has 144 valence electrons. The van der Waals surface area contributed by atoms with E-state index in [0.717, 1.165) is 12.8 Å². The van der Waals surface area contributed by atoms with Crippen LogP contribution in [0.1, 0.15) is 19.8 Å². The molecular formula is C18H21N3O6. The first-order valence-corrected chi connectivity index (χ1v) is 8.48. The number of rotatable bonds is 8. The lowest BCUT2D eigenvalue weighted by Crippen LogP contribution is -2.41. The number of amides is 3. The van der Waals surface area contributed by atoms with Crippen LogP contribution in [0.25, 0.3) is 0 Å². The number of hydrogen-bond acceptors (Lipinski definition) is 7. The Labute approximate surface area is 156 Å². The molecule has 0 atom stereocenters. The van der Waals surface area contributed by atoms with Crippen LogP contribution in [-0.4, -0.2) is 43.4 Å². The fourth-order valence-corrected chi connectivity index (χ4v) is 2.16. The highest BCUT2D eigenvalue weighted by molar-refractivity contribution is 6.20. The number of urea groups is 1. The number of carbonyl (C=O) groups excluding carboxylic acids is 4. The lowest BCUT2D eigenvalue weighted by atomic mass is 10.2. The number of carbonyl (C=O) groups is 4. The zero-order valence-electron chi connectivity index (χ0n) is 14.9. The molecule has 0 spiro atoms. The van der Waals surface area contributed by atoms with Crippen molar-refractivity contribution in [3.8, 4) is 0 Å². The molecule has 1 heterocycles. The molecule has 1 aliphatic rings. The van der Waals surface area contributed by atoms with Crippen LogP contribution < -0.4 is 16.0 Å². The number of nitrogens with one attached hydrogen (secondary N) is 3. The minimum Gasteiger partial charge on any atom is -0.470 e. The maximum Gasteiger partial charge on any atom is 0.347 e. The number of hydrogen-bond donors (Lipinski definition) is 3. The van der Waals surface area contributed by atoms with Crippen LogP contribution in [0.5, 0.6) is 0 Å². The Morgan fingerprint density at radius 1 is 1.19 bits per heavy atom. The molecule has 2 rings (SSSR count). The van der Waals surface area contributed by atoms with Crippen LogP contribution >= 0.6 is 0 Å². The Morgan fingerprint density at radius 2 is 1.93 bits per heavy atom. The van der Waals surface area contributed by atoms with Gasteiger partial charge in [-0.3, -0.25) is 14.9 Å². The highest BCUT2D eigenvalue weighted by atomic mass is 16.5. The topological polar surface area (TPSA) is 123 Å². The van der Waals surface area contributed by atoms with E-state index < -0.39 is 30.3 Å². The summed E-state index contributed by atoms with van der Waals surface area (Å²) in [6, 6.07) is 8.14. The van der Waals surface area contributed by atoms with Crippen molar-refractivity contribution >= 4 is 29.4 Å². The summed E-state index contributed by atoms with van der Waals surface area (Å²) in [5, 5.41) is 7.35. The largest absolute Gasteiger partial charge is 0.470 e. The summed E-state index contributed by atoms with van der Waals surface area (Å²) in [4.78, 5) is 47.2. The van der Waals surface area contributed by atoms with Crippen molar-refractivity contribution in [2.45, 2.75) is 19.8 Å². The number of unbranched alkanes of at least 4 members (excludes halogenated alkanes) is 1. The van der Waals surface area contributed by atoms with Crippen LogP contribution in [-0.2, 0) is 23.9 Å². The molecule has 3 amide bonds. The predicted octanol–water partition coefficient (Wildman–Crippen LogP) is 1.08. The molecular weight excluding hydrogens is 354 g/mol. The van der Waals surface area contributed by atoms with Gasteiger partial charge in [-0.1, -0.05) is 31.5 Å². The van der Waals surface area contributed by atoms with Gasteiger partial charge in [0.1, 0.15) is 0 Å². The molecule has 0 radical (unpaired) electrons. The fraction of sp³-hybridized carbons (Fsp3) is 0.333. The van der Waals surface area contributed by atoms with Gasteiger partial charge in [0.25, 0.3) is 5.91 Å². The monoisotopic (exact) mass is 375 g/mol. The van der Waals surface area contributed by atoms with Gasteiger partial charge in [0.05, 0.1) is 0 Å². The lowest BCUT2D eigenvalue weighted by Gasteiger charge is -2.09. The summed E-state index contributed by atoms with van der Waals surface area (Å²) in [5.41, 5.74) is 0.313. The van der Waals surface area contributed by atoms with Crippen molar-refractivity contribution in [1.29, 1.82) is 0 Å². The maximum atomic E-state index is 12.2. The molecule has 0 aliphatic carbocycles. The van der Waals surface area contributed by atoms with Crippen LogP contribution in [0, 0.1) is 0 Å². The summed E-state index contributed by atoms with van der Waals surface area (Å²) in [6.07, 6.45) is 1.68. The van der Waals surface area contributed by atoms with Crippen molar-refractivity contribution in [1.82, 2.24) is 10.6 Å². The van der Waals surface area contributed by atoms with Crippen LogP contribution in [0.3, 0.4) is 0 Å². The van der Waals surface area contributed by atoms with Crippen molar-refractivity contribution < 1.29 is 28.7 Å². The summed E-state index contributed by atoms with van der Waals surface area (Å²) in [6.45, 7) is 1.40. The number of anilines is 1. The smallest absolute Gasteiger partial charge is 0.347 e. The molecule has 9 nitrogen and oxygen atoms in total. The van der Waals surface area contributed by atoms with Gasteiger partial charge in [-0.25, -0.2) is 9.59 Å². The van der Waals surface area contributed by atoms with Gasteiger partial charge in [-0.05, 0) is 18.6 Å². The van der Waals surface area contributed by atoms with Crippen LogP contribution in [0.4, 0.5) is 10.5 Å². The Balaban J connectivity index is 1.89. The zero-order valence-corrected chi connectivity index (χ0v) is 14.9. The van der Waals surface area contributed by atoms with Crippen molar-refractivity contribution in [2.24, 2.45) is 0 Å². The van der Waals surface area contributed by atoms with Gasteiger partial charge < -0.3 is 20.1 Å². The highest BCUT2D eigenvalue weighted by Gasteiger charge is 2.32. The summed E-state index contributed by atoms with van der Waals surface area (Å²) < 4.78 is 10.0. The molecule has 0 saturated heterocycles. The van der Waals surface area contributed by atoms with Gasteiger partial charge >= 0.3 is 12.0 Å². The normalized spacial score (nSPS) is 13.0. The second kappa shape index (κ2) is 9.95. The molecule has 1 aromatic rings. The van der Waals surface area contributed by atoms with Gasteiger partial charge in [-0.2, -0.15) is 0 Å². The van der Waals surface area contributed by atoms with E-state index in [1.165, 1.54) is 0 Å². The van der Waals surface area contributed by atoms with E-state index in [2.05, 4.69) is 10.6 Å². The molecule has 9 heteroatoms. The molecule has 0 fully saturated rings. The number of ether oxygens (including phenoxy) is 2. The van der Waals surface area contributed by atoms with E-state index in [1.807, 2.05) is 18.3 Å². The van der Waals surface area contributed by atoms with Crippen molar-refractivity contribution in [2.75, 3.05) is 25.1 Å². The Kier molecular flexibility index (Phi) is 7.36. The van der Waals surface area contributed by atoms with E-state index in [4.69, 9.17) is 9.47 Å². The van der Waals surface area contributed by atoms with Gasteiger partial charge in [0.15, 0.2) is 18.8 Å². The van der Waals surface area contributed by atoms with Crippen molar-refractivity contribution in [3.05, 3.63) is 41.8 Å². The number of ketones is 1. The third-order valence-electron chi connectivity index (χ3n) is 3.49. The molecule has 1 aromatic carbocycles. The first kappa shape index (κ1) is 20.0. The Bertz CT molecular complexity index is 745. The van der Waals surface area contributed by atoms with E-state index in [-0.39, 0.29) is 18.1 Å². The fourth-order valence-electron chi connectivity index (χ4n) is 2.16. The minimum atomic E-state index is -1.00. The van der Waals surface area contributed by atoms with Crippen LogP contribution in [0.15, 0.2) is 41.8 Å². The number of esters is 1. The Hall–Kier alpha value is -3.36. The average Bonchev–Trinajstić information content (AvgIpc) is 3.01.